The van der Waals surface area contributed by atoms with Crippen molar-refractivity contribution in [3.63, 3.8) is 0 Å². The molecule has 0 unspecified atom stereocenters. The van der Waals surface area contributed by atoms with Gasteiger partial charge in [-0.2, -0.15) is 0 Å². The lowest BCUT2D eigenvalue weighted by atomic mass is 10.0. The van der Waals surface area contributed by atoms with E-state index in [-0.39, 0.29) is 0 Å². The molecule has 60 valence electrons. The molecule has 0 spiro atoms. The summed E-state index contributed by atoms with van der Waals surface area (Å²) >= 11 is 0. The molecule has 12 heavy (non-hydrogen) atoms. The van der Waals surface area contributed by atoms with Gasteiger partial charge >= 0.3 is 0 Å². The quantitative estimate of drug-likeness (QED) is 0.570. The third kappa shape index (κ3) is 1.16. The van der Waals surface area contributed by atoms with E-state index in [1.165, 1.54) is 5.56 Å². The van der Waals surface area contributed by atoms with E-state index < -0.39 is 0 Å². The van der Waals surface area contributed by atoms with Crippen LogP contribution in [0.25, 0.3) is 0 Å². The van der Waals surface area contributed by atoms with Crippen LogP contribution >= 0.6 is 0 Å². The van der Waals surface area contributed by atoms with Crippen LogP contribution in [0.4, 0.5) is 0 Å². The smallest absolute Gasteiger partial charge is 0.150 e. The maximum absolute atomic E-state index is 10.4. The van der Waals surface area contributed by atoms with Gasteiger partial charge in [-0.05, 0) is 23.6 Å². The fourth-order valence-corrected chi connectivity index (χ4v) is 1.38. The van der Waals surface area contributed by atoms with Gasteiger partial charge in [0, 0.05) is 18.3 Å². The highest BCUT2D eigenvalue weighted by Crippen LogP contribution is 2.13. The first-order valence-corrected chi connectivity index (χ1v) is 3.98. The number of carbonyl (C=O) groups excluding carboxylic acids is 1. The van der Waals surface area contributed by atoms with E-state index in [1.54, 1.807) is 0 Å². The maximum atomic E-state index is 10.4. The highest BCUT2D eigenvalue weighted by molar-refractivity contribution is 5.86. The lowest BCUT2D eigenvalue weighted by molar-refractivity contribution is 0.112. The van der Waals surface area contributed by atoms with E-state index in [4.69, 9.17) is 0 Å². The standard InChI is InChI=1S/C10H9NO/c12-7-8-1-2-9-3-4-11-6-10(9)5-8/h1-2,5-7H,3-4H2. The van der Waals surface area contributed by atoms with Crippen LogP contribution < -0.4 is 0 Å². The van der Waals surface area contributed by atoms with Crippen LogP contribution in [0.2, 0.25) is 0 Å². The molecule has 2 nitrogen and oxygen atoms in total. The fourth-order valence-electron chi connectivity index (χ4n) is 1.38. The molecule has 0 fully saturated rings. The number of hydrogen-bond donors (Lipinski definition) is 0. The number of hydrogen-bond acceptors (Lipinski definition) is 2. The topological polar surface area (TPSA) is 29.4 Å². The summed E-state index contributed by atoms with van der Waals surface area (Å²) in [5.41, 5.74) is 3.10. The van der Waals surface area contributed by atoms with Crippen LogP contribution in [0.5, 0.6) is 0 Å². The zero-order valence-electron chi connectivity index (χ0n) is 6.66. The molecule has 1 aliphatic heterocycles. The van der Waals surface area contributed by atoms with E-state index in [9.17, 15) is 4.79 Å². The van der Waals surface area contributed by atoms with Crippen molar-refractivity contribution in [2.45, 2.75) is 6.42 Å². The van der Waals surface area contributed by atoms with Crippen LogP contribution in [-0.2, 0) is 6.42 Å². The van der Waals surface area contributed by atoms with E-state index in [2.05, 4.69) is 4.99 Å². The molecule has 2 rings (SSSR count). The molecule has 0 aliphatic carbocycles. The first kappa shape index (κ1) is 7.22. The normalized spacial score (nSPS) is 14.0. The predicted octanol–water partition coefficient (Wildman–Crippen LogP) is 1.47. The van der Waals surface area contributed by atoms with Crippen molar-refractivity contribution < 1.29 is 4.79 Å². The molecule has 1 heterocycles. The molecule has 0 radical (unpaired) electrons. The minimum Gasteiger partial charge on any atom is -0.298 e. The summed E-state index contributed by atoms with van der Waals surface area (Å²) in [5.74, 6) is 0. The summed E-state index contributed by atoms with van der Waals surface area (Å²) in [4.78, 5) is 14.6. The van der Waals surface area contributed by atoms with Crippen molar-refractivity contribution in [3.8, 4) is 0 Å². The van der Waals surface area contributed by atoms with Gasteiger partial charge in [-0.15, -0.1) is 0 Å². The Balaban J connectivity index is 2.51. The van der Waals surface area contributed by atoms with Gasteiger partial charge in [0.25, 0.3) is 0 Å². The minimum atomic E-state index is 0.724. The number of carbonyl (C=O) groups is 1. The third-order valence-electron chi connectivity index (χ3n) is 2.05. The lowest BCUT2D eigenvalue weighted by Crippen LogP contribution is -2.03. The van der Waals surface area contributed by atoms with Crippen molar-refractivity contribution in [1.29, 1.82) is 0 Å². The molecule has 1 aromatic carbocycles. The molecule has 2 heteroatoms. The Labute approximate surface area is 70.9 Å². The summed E-state index contributed by atoms with van der Waals surface area (Å²) in [5, 5.41) is 0. The maximum Gasteiger partial charge on any atom is 0.150 e. The highest BCUT2D eigenvalue weighted by atomic mass is 16.1. The van der Waals surface area contributed by atoms with Gasteiger partial charge in [-0.1, -0.05) is 12.1 Å². The number of nitrogens with zero attached hydrogens (tertiary/aromatic N) is 1. The highest BCUT2D eigenvalue weighted by Gasteiger charge is 2.04. The zero-order chi connectivity index (χ0) is 8.39. The van der Waals surface area contributed by atoms with Crippen molar-refractivity contribution in [3.05, 3.63) is 34.9 Å². The van der Waals surface area contributed by atoms with Gasteiger partial charge in [0.15, 0.2) is 0 Å². The first-order chi connectivity index (χ1) is 5.90. The van der Waals surface area contributed by atoms with Gasteiger partial charge < -0.3 is 0 Å². The van der Waals surface area contributed by atoms with E-state index in [0.29, 0.717) is 0 Å². The molecule has 0 bridgehead atoms. The Kier molecular flexibility index (Phi) is 1.74. The van der Waals surface area contributed by atoms with Gasteiger partial charge in [-0.3, -0.25) is 9.79 Å². The molecule has 1 aliphatic rings. The lowest BCUT2D eigenvalue weighted by Gasteiger charge is -2.08. The van der Waals surface area contributed by atoms with E-state index in [1.807, 2.05) is 24.4 Å². The van der Waals surface area contributed by atoms with E-state index >= 15 is 0 Å². The number of aliphatic imine (C=N–C) groups is 1. The van der Waals surface area contributed by atoms with E-state index in [0.717, 1.165) is 30.4 Å². The second-order valence-corrected chi connectivity index (χ2v) is 2.86. The number of fused-ring (bicyclic) bond motifs is 1. The zero-order valence-corrected chi connectivity index (χ0v) is 6.66. The average Bonchev–Trinajstić information content (AvgIpc) is 2.17. The predicted molar refractivity (Wildman–Crippen MR) is 48.0 cm³/mol. The second-order valence-electron chi connectivity index (χ2n) is 2.86. The number of rotatable bonds is 1. The number of aldehydes is 1. The molecule has 0 atom stereocenters. The van der Waals surface area contributed by atoms with Gasteiger partial charge in [-0.25, -0.2) is 0 Å². The Morgan fingerprint density at radius 1 is 1.42 bits per heavy atom. The van der Waals surface area contributed by atoms with Gasteiger partial charge in [0.1, 0.15) is 6.29 Å². The molecule has 0 amide bonds. The fraction of sp³-hybridized carbons (Fsp3) is 0.200. The summed E-state index contributed by atoms with van der Waals surface area (Å²) < 4.78 is 0. The van der Waals surface area contributed by atoms with Crippen LogP contribution in [0.1, 0.15) is 21.5 Å². The summed E-state index contributed by atoms with van der Waals surface area (Å²) in [6.07, 6.45) is 3.69. The van der Waals surface area contributed by atoms with Crippen molar-refractivity contribution >= 4 is 12.5 Å². The molecule has 0 saturated heterocycles. The van der Waals surface area contributed by atoms with Gasteiger partial charge in [0.05, 0.1) is 0 Å². The van der Waals surface area contributed by atoms with Crippen molar-refractivity contribution in [1.82, 2.24) is 0 Å². The Bertz CT molecular complexity index is 342. The van der Waals surface area contributed by atoms with Crippen LogP contribution in [-0.4, -0.2) is 19.0 Å². The number of benzene rings is 1. The minimum absolute atomic E-state index is 0.724. The molecular formula is C10H9NO. The molecular weight excluding hydrogens is 150 g/mol. The van der Waals surface area contributed by atoms with Crippen LogP contribution in [0.3, 0.4) is 0 Å². The van der Waals surface area contributed by atoms with Crippen LogP contribution in [0.15, 0.2) is 23.2 Å². The molecule has 0 N–H and O–H groups in total. The Morgan fingerprint density at radius 3 is 3.17 bits per heavy atom. The second kappa shape index (κ2) is 2.89. The largest absolute Gasteiger partial charge is 0.298 e. The average molecular weight is 159 g/mol. The summed E-state index contributed by atoms with van der Waals surface area (Å²) in [6.45, 7) is 0.868. The first-order valence-electron chi connectivity index (χ1n) is 3.98. The molecule has 0 aromatic heterocycles. The monoisotopic (exact) mass is 159 g/mol. The van der Waals surface area contributed by atoms with Crippen molar-refractivity contribution in [2.24, 2.45) is 4.99 Å². The third-order valence-corrected chi connectivity index (χ3v) is 2.05. The summed E-state index contributed by atoms with van der Waals surface area (Å²) in [7, 11) is 0. The molecule has 1 aromatic rings. The van der Waals surface area contributed by atoms with Crippen molar-refractivity contribution in [2.75, 3.05) is 6.54 Å². The SMILES string of the molecule is O=Cc1ccc2c(c1)C=NCC2. The summed E-state index contributed by atoms with van der Waals surface area (Å²) in [6, 6.07) is 5.74. The Hall–Kier alpha value is -1.44. The van der Waals surface area contributed by atoms with Crippen LogP contribution in [0, 0.1) is 0 Å². The molecule has 0 saturated carbocycles. The van der Waals surface area contributed by atoms with Gasteiger partial charge in [0.2, 0.25) is 0 Å². The Morgan fingerprint density at radius 2 is 2.33 bits per heavy atom.